The first kappa shape index (κ1) is 16.5. The number of piperidine rings is 1. The molecule has 0 saturated carbocycles. The predicted octanol–water partition coefficient (Wildman–Crippen LogP) is 2.83. The number of phenolic OH excluding ortho intramolecular Hbond substituents is 1. The molecule has 2 aromatic rings. The molecule has 126 valence electrons. The molecule has 0 radical (unpaired) electrons. The smallest absolute Gasteiger partial charge is 0.257 e. The van der Waals surface area contributed by atoms with Gasteiger partial charge < -0.3 is 15.1 Å². The number of carbonyl (C=O) groups excluding carboxylic acids is 1. The molecule has 3 rings (SSSR count). The second-order valence-electron chi connectivity index (χ2n) is 6.46. The molecule has 2 N–H and O–H groups in total. The Morgan fingerprint density at radius 3 is 2.67 bits per heavy atom. The summed E-state index contributed by atoms with van der Waals surface area (Å²) < 4.78 is 0. The van der Waals surface area contributed by atoms with Crippen LogP contribution in [-0.4, -0.2) is 40.7 Å². The molecule has 0 aromatic heterocycles. The number of phenols is 1. The van der Waals surface area contributed by atoms with Crippen LogP contribution in [0.2, 0.25) is 0 Å². The third-order valence-electron chi connectivity index (χ3n) is 4.61. The standard InChI is InChI=1S/C20H23NO3/c22-14-17-7-4-10-21(13-17)20(24)18-12-16(8-9-19(18)23)11-15-5-2-1-3-6-15/h1-3,5-6,8-9,12,17,22-23H,4,7,10-11,13-14H2. The number of benzene rings is 2. The molecule has 1 aliphatic heterocycles. The van der Waals surface area contributed by atoms with Crippen molar-refractivity contribution in [3.8, 4) is 5.75 Å². The van der Waals surface area contributed by atoms with Crippen molar-refractivity contribution in [3.63, 3.8) is 0 Å². The van der Waals surface area contributed by atoms with Gasteiger partial charge in [-0.25, -0.2) is 0 Å². The number of aliphatic hydroxyl groups excluding tert-OH is 1. The average Bonchev–Trinajstić information content (AvgIpc) is 2.63. The predicted molar refractivity (Wildman–Crippen MR) is 93.1 cm³/mol. The van der Waals surface area contributed by atoms with Gasteiger partial charge in [0.2, 0.25) is 0 Å². The normalized spacial score (nSPS) is 17.7. The topological polar surface area (TPSA) is 60.8 Å². The molecule has 1 saturated heterocycles. The van der Waals surface area contributed by atoms with Crippen LogP contribution in [0.25, 0.3) is 0 Å². The van der Waals surface area contributed by atoms with E-state index in [-0.39, 0.29) is 24.2 Å². The first-order chi connectivity index (χ1) is 11.7. The molecule has 2 aromatic carbocycles. The molecule has 1 unspecified atom stereocenters. The summed E-state index contributed by atoms with van der Waals surface area (Å²) in [6.45, 7) is 1.33. The van der Waals surface area contributed by atoms with Gasteiger partial charge in [-0.1, -0.05) is 36.4 Å². The Bertz CT molecular complexity index is 699. The number of aliphatic hydroxyl groups is 1. The lowest BCUT2D eigenvalue weighted by atomic mass is 9.97. The van der Waals surface area contributed by atoms with Gasteiger partial charge in [-0.15, -0.1) is 0 Å². The molecule has 1 heterocycles. The van der Waals surface area contributed by atoms with Crippen LogP contribution >= 0.6 is 0 Å². The van der Waals surface area contributed by atoms with E-state index in [9.17, 15) is 15.0 Å². The van der Waals surface area contributed by atoms with Gasteiger partial charge in [0.25, 0.3) is 5.91 Å². The van der Waals surface area contributed by atoms with E-state index >= 15 is 0 Å². The maximum atomic E-state index is 12.8. The fourth-order valence-corrected chi connectivity index (χ4v) is 3.26. The van der Waals surface area contributed by atoms with Crippen molar-refractivity contribution in [2.24, 2.45) is 5.92 Å². The van der Waals surface area contributed by atoms with Crippen molar-refractivity contribution in [1.29, 1.82) is 0 Å². The highest BCUT2D eigenvalue weighted by atomic mass is 16.3. The third kappa shape index (κ3) is 3.77. The number of rotatable bonds is 4. The maximum absolute atomic E-state index is 12.8. The molecular weight excluding hydrogens is 302 g/mol. The molecule has 0 aliphatic carbocycles. The molecule has 4 nitrogen and oxygen atoms in total. The summed E-state index contributed by atoms with van der Waals surface area (Å²) in [6, 6.07) is 15.3. The summed E-state index contributed by atoms with van der Waals surface area (Å²) in [5.41, 5.74) is 2.51. The van der Waals surface area contributed by atoms with Gasteiger partial charge >= 0.3 is 0 Å². The van der Waals surface area contributed by atoms with Crippen molar-refractivity contribution in [1.82, 2.24) is 4.90 Å². The fourth-order valence-electron chi connectivity index (χ4n) is 3.26. The zero-order valence-corrected chi connectivity index (χ0v) is 13.7. The Labute approximate surface area is 142 Å². The second kappa shape index (κ2) is 7.49. The summed E-state index contributed by atoms with van der Waals surface area (Å²) in [5.74, 6) is 0.000777. The molecule has 24 heavy (non-hydrogen) atoms. The summed E-state index contributed by atoms with van der Waals surface area (Å²) in [6.07, 6.45) is 2.56. The molecular formula is C20H23NO3. The minimum absolute atomic E-state index is 0.0166. The van der Waals surface area contributed by atoms with Crippen LogP contribution in [-0.2, 0) is 6.42 Å². The van der Waals surface area contributed by atoms with E-state index in [0.29, 0.717) is 18.7 Å². The number of amides is 1. The molecule has 0 bridgehead atoms. The lowest BCUT2D eigenvalue weighted by Gasteiger charge is -2.32. The van der Waals surface area contributed by atoms with Crippen LogP contribution in [0.4, 0.5) is 0 Å². The Kier molecular flexibility index (Phi) is 5.16. The van der Waals surface area contributed by atoms with Gasteiger partial charge in [-0.2, -0.15) is 0 Å². The number of likely N-dealkylation sites (tertiary alicyclic amines) is 1. The highest BCUT2D eigenvalue weighted by Crippen LogP contribution is 2.25. The Balaban J connectivity index is 1.79. The lowest BCUT2D eigenvalue weighted by molar-refractivity contribution is 0.0618. The van der Waals surface area contributed by atoms with Crippen LogP contribution in [0, 0.1) is 5.92 Å². The number of nitrogens with zero attached hydrogens (tertiary/aromatic N) is 1. The summed E-state index contributed by atoms with van der Waals surface area (Å²) in [5, 5.41) is 19.5. The molecule has 1 amide bonds. The molecule has 1 fully saturated rings. The van der Waals surface area contributed by atoms with Gasteiger partial charge in [0.15, 0.2) is 0 Å². The van der Waals surface area contributed by atoms with Crippen molar-refractivity contribution in [2.75, 3.05) is 19.7 Å². The largest absolute Gasteiger partial charge is 0.507 e. The summed E-state index contributed by atoms with van der Waals surface area (Å²) in [7, 11) is 0. The van der Waals surface area contributed by atoms with Crippen molar-refractivity contribution >= 4 is 5.91 Å². The van der Waals surface area contributed by atoms with E-state index in [1.165, 1.54) is 5.56 Å². The Hall–Kier alpha value is -2.33. The fraction of sp³-hybridized carbons (Fsp3) is 0.350. The highest BCUT2D eigenvalue weighted by Gasteiger charge is 2.25. The summed E-state index contributed by atoms with van der Waals surface area (Å²) >= 11 is 0. The van der Waals surface area contributed by atoms with E-state index in [4.69, 9.17) is 0 Å². The Morgan fingerprint density at radius 2 is 1.92 bits per heavy atom. The van der Waals surface area contributed by atoms with Gasteiger partial charge in [0.1, 0.15) is 5.75 Å². The molecule has 4 heteroatoms. The van der Waals surface area contributed by atoms with Crippen LogP contribution in [0.3, 0.4) is 0 Å². The minimum atomic E-state index is -0.152. The van der Waals surface area contributed by atoms with Crippen molar-refractivity contribution < 1.29 is 15.0 Å². The van der Waals surface area contributed by atoms with E-state index in [2.05, 4.69) is 0 Å². The van der Waals surface area contributed by atoms with Crippen LogP contribution in [0.1, 0.15) is 34.3 Å². The first-order valence-electron chi connectivity index (χ1n) is 8.43. The second-order valence-corrected chi connectivity index (χ2v) is 6.46. The molecule has 1 aliphatic rings. The van der Waals surface area contributed by atoms with E-state index < -0.39 is 0 Å². The molecule has 1 atom stereocenters. The van der Waals surface area contributed by atoms with Crippen LogP contribution in [0.5, 0.6) is 5.75 Å². The SMILES string of the molecule is O=C(c1cc(Cc2ccccc2)ccc1O)N1CCCC(CO)C1. The van der Waals surface area contributed by atoms with E-state index in [1.54, 1.807) is 17.0 Å². The number of hydrogen-bond acceptors (Lipinski definition) is 3. The van der Waals surface area contributed by atoms with Crippen LogP contribution < -0.4 is 0 Å². The average molecular weight is 325 g/mol. The van der Waals surface area contributed by atoms with Crippen molar-refractivity contribution in [3.05, 3.63) is 65.2 Å². The van der Waals surface area contributed by atoms with Crippen molar-refractivity contribution in [2.45, 2.75) is 19.3 Å². The third-order valence-corrected chi connectivity index (χ3v) is 4.61. The number of hydrogen-bond donors (Lipinski definition) is 2. The van der Waals surface area contributed by atoms with E-state index in [1.807, 2.05) is 36.4 Å². The van der Waals surface area contributed by atoms with Gasteiger partial charge in [-0.05, 0) is 48.4 Å². The number of carbonyl (C=O) groups is 1. The van der Waals surface area contributed by atoms with Gasteiger partial charge in [0, 0.05) is 19.7 Å². The van der Waals surface area contributed by atoms with E-state index in [0.717, 1.165) is 24.8 Å². The number of aromatic hydroxyl groups is 1. The quantitative estimate of drug-likeness (QED) is 0.909. The maximum Gasteiger partial charge on any atom is 0.257 e. The van der Waals surface area contributed by atoms with Crippen LogP contribution in [0.15, 0.2) is 48.5 Å². The lowest BCUT2D eigenvalue weighted by Crippen LogP contribution is -2.41. The Morgan fingerprint density at radius 1 is 1.12 bits per heavy atom. The first-order valence-corrected chi connectivity index (χ1v) is 8.43. The highest BCUT2D eigenvalue weighted by molar-refractivity contribution is 5.97. The summed E-state index contributed by atoms with van der Waals surface area (Å²) in [4.78, 5) is 14.5. The molecule has 0 spiro atoms. The van der Waals surface area contributed by atoms with Gasteiger partial charge in [0.05, 0.1) is 5.56 Å². The minimum Gasteiger partial charge on any atom is -0.507 e. The zero-order chi connectivity index (χ0) is 16.9. The zero-order valence-electron chi connectivity index (χ0n) is 13.7. The van der Waals surface area contributed by atoms with Gasteiger partial charge in [-0.3, -0.25) is 4.79 Å². The monoisotopic (exact) mass is 325 g/mol.